The van der Waals surface area contributed by atoms with Crippen molar-refractivity contribution < 1.29 is 23.6 Å². The van der Waals surface area contributed by atoms with Gasteiger partial charge in [-0.15, -0.1) is 0 Å². The highest BCUT2D eigenvalue weighted by atomic mass is 16.5. The van der Waals surface area contributed by atoms with Crippen molar-refractivity contribution in [2.24, 2.45) is 0 Å². The normalized spacial score (nSPS) is 11.6. The number of amides is 1. The van der Waals surface area contributed by atoms with Gasteiger partial charge in [0, 0.05) is 0 Å². The summed E-state index contributed by atoms with van der Waals surface area (Å²) in [4.78, 5) is 23.9. The van der Waals surface area contributed by atoms with Gasteiger partial charge in [0.15, 0.2) is 0 Å². The lowest BCUT2D eigenvalue weighted by Gasteiger charge is -2.13. The number of benzene rings is 1. The molecule has 1 heterocycles. The maximum absolute atomic E-state index is 12.0. The topological polar surface area (TPSA) is 90.7 Å². The van der Waals surface area contributed by atoms with E-state index in [0.717, 1.165) is 5.56 Å². The summed E-state index contributed by atoms with van der Waals surface area (Å²) in [5.41, 5.74) is 1.42. The number of aromatic nitrogens is 1. The van der Waals surface area contributed by atoms with E-state index in [1.54, 1.807) is 20.8 Å². The molecule has 2 aromatic rings. The van der Waals surface area contributed by atoms with Gasteiger partial charge in [-0.1, -0.05) is 35.5 Å². The van der Waals surface area contributed by atoms with E-state index in [1.165, 1.54) is 0 Å². The summed E-state index contributed by atoms with van der Waals surface area (Å²) in [5, 5.41) is 6.47. The van der Waals surface area contributed by atoms with Crippen LogP contribution in [0, 0.1) is 6.92 Å². The molecule has 0 fully saturated rings. The summed E-state index contributed by atoms with van der Waals surface area (Å²) in [5.74, 6) is -0.188. The largest absolute Gasteiger partial charge is 0.462 e. The predicted octanol–water partition coefficient (Wildman–Crippen LogP) is 3.15. The van der Waals surface area contributed by atoms with Crippen LogP contribution in [0.4, 0.5) is 4.79 Å². The highest BCUT2D eigenvalue weighted by molar-refractivity contribution is 5.91. The zero-order valence-electron chi connectivity index (χ0n) is 13.9. The number of hydrogen-bond acceptors (Lipinski definition) is 6. The van der Waals surface area contributed by atoms with Crippen molar-refractivity contribution in [3.63, 3.8) is 0 Å². The van der Waals surface area contributed by atoms with Crippen LogP contribution < -0.4 is 5.32 Å². The summed E-state index contributed by atoms with van der Waals surface area (Å²) in [6.45, 7) is 5.40. The Labute approximate surface area is 139 Å². The molecule has 0 saturated carbocycles. The van der Waals surface area contributed by atoms with E-state index in [4.69, 9.17) is 14.0 Å². The molecule has 24 heavy (non-hydrogen) atoms. The minimum Gasteiger partial charge on any atom is -0.462 e. The molecule has 0 unspecified atom stereocenters. The van der Waals surface area contributed by atoms with Crippen LogP contribution >= 0.6 is 0 Å². The van der Waals surface area contributed by atoms with E-state index >= 15 is 0 Å². The predicted molar refractivity (Wildman–Crippen MR) is 85.4 cm³/mol. The van der Waals surface area contributed by atoms with Crippen LogP contribution in [0.5, 0.6) is 0 Å². The standard InChI is InChI=1S/C17H20N2O5/c1-4-22-16(20)14-12(3)24-19-15(14)11(2)18-17(21)23-10-13-8-6-5-7-9-13/h5-9,11H,4,10H2,1-3H3,(H,18,21)/t11-/m0/s1. The van der Waals surface area contributed by atoms with Crippen molar-refractivity contribution in [2.45, 2.75) is 33.4 Å². The van der Waals surface area contributed by atoms with E-state index in [-0.39, 0.29) is 18.8 Å². The Morgan fingerprint density at radius 2 is 1.96 bits per heavy atom. The number of aryl methyl sites for hydroxylation is 1. The number of alkyl carbamates (subject to hydrolysis) is 1. The molecule has 1 aromatic carbocycles. The molecule has 0 spiro atoms. The maximum atomic E-state index is 12.0. The monoisotopic (exact) mass is 332 g/mol. The van der Waals surface area contributed by atoms with Gasteiger partial charge in [-0.2, -0.15) is 0 Å². The number of nitrogens with one attached hydrogen (secondary N) is 1. The van der Waals surface area contributed by atoms with Crippen LogP contribution in [0.2, 0.25) is 0 Å². The maximum Gasteiger partial charge on any atom is 0.407 e. The van der Waals surface area contributed by atoms with Crippen molar-refractivity contribution in [3.8, 4) is 0 Å². The van der Waals surface area contributed by atoms with Gasteiger partial charge in [-0.3, -0.25) is 0 Å². The molecule has 0 radical (unpaired) electrons. The number of nitrogens with zero attached hydrogens (tertiary/aromatic N) is 1. The first-order chi connectivity index (χ1) is 11.5. The zero-order valence-corrected chi connectivity index (χ0v) is 13.9. The number of hydrogen-bond donors (Lipinski definition) is 1. The average molecular weight is 332 g/mol. The number of carbonyl (C=O) groups excluding carboxylic acids is 2. The lowest BCUT2D eigenvalue weighted by Crippen LogP contribution is -2.28. The SMILES string of the molecule is CCOC(=O)c1c([C@H](C)NC(=O)OCc2ccccc2)noc1C. The third-order valence-corrected chi connectivity index (χ3v) is 3.33. The second-order valence-corrected chi connectivity index (χ2v) is 5.15. The summed E-state index contributed by atoms with van der Waals surface area (Å²) in [7, 11) is 0. The molecule has 0 aliphatic carbocycles. The van der Waals surface area contributed by atoms with Crippen LogP contribution in [0.15, 0.2) is 34.9 Å². The Morgan fingerprint density at radius 1 is 1.25 bits per heavy atom. The molecule has 0 aliphatic rings. The Hall–Kier alpha value is -2.83. The summed E-state index contributed by atoms with van der Waals surface area (Å²) < 4.78 is 15.2. The number of carbonyl (C=O) groups is 2. The van der Waals surface area contributed by atoms with Gasteiger partial charge >= 0.3 is 12.1 Å². The Balaban J connectivity index is 1.98. The minimum absolute atomic E-state index is 0.155. The van der Waals surface area contributed by atoms with Gasteiger partial charge in [0.2, 0.25) is 0 Å². The van der Waals surface area contributed by atoms with E-state index in [2.05, 4.69) is 10.5 Å². The molecular formula is C17H20N2O5. The van der Waals surface area contributed by atoms with Crippen LogP contribution in [0.1, 0.15) is 47.3 Å². The first-order valence-electron chi connectivity index (χ1n) is 7.63. The van der Waals surface area contributed by atoms with Crippen LogP contribution in [-0.2, 0) is 16.1 Å². The van der Waals surface area contributed by atoms with Crippen LogP contribution in [0.25, 0.3) is 0 Å². The number of rotatable bonds is 6. The van der Waals surface area contributed by atoms with Crippen molar-refractivity contribution in [3.05, 3.63) is 52.9 Å². The molecule has 0 bridgehead atoms. The van der Waals surface area contributed by atoms with Crippen molar-refractivity contribution in [1.82, 2.24) is 10.5 Å². The summed E-state index contributed by atoms with van der Waals surface area (Å²) in [6, 6.07) is 8.76. The quantitative estimate of drug-likeness (QED) is 0.817. The van der Waals surface area contributed by atoms with Crippen LogP contribution in [-0.4, -0.2) is 23.8 Å². The molecular weight excluding hydrogens is 312 g/mol. The third-order valence-electron chi connectivity index (χ3n) is 3.33. The molecule has 2 rings (SSSR count). The van der Waals surface area contributed by atoms with Crippen molar-refractivity contribution >= 4 is 12.1 Å². The number of ether oxygens (including phenoxy) is 2. The molecule has 0 saturated heterocycles. The van der Waals surface area contributed by atoms with Gasteiger partial charge in [0.05, 0.1) is 12.6 Å². The van der Waals surface area contributed by atoms with E-state index in [1.807, 2.05) is 30.3 Å². The molecule has 7 nitrogen and oxygen atoms in total. The Kier molecular flexibility index (Phi) is 5.95. The third kappa shape index (κ3) is 4.34. The fourth-order valence-corrected chi connectivity index (χ4v) is 2.15. The first kappa shape index (κ1) is 17.5. The van der Waals surface area contributed by atoms with E-state index in [9.17, 15) is 9.59 Å². The summed E-state index contributed by atoms with van der Waals surface area (Å²) in [6.07, 6.45) is -0.609. The van der Waals surface area contributed by atoms with Gasteiger partial charge in [0.25, 0.3) is 0 Å². The molecule has 7 heteroatoms. The van der Waals surface area contributed by atoms with Crippen LogP contribution in [0.3, 0.4) is 0 Å². The van der Waals surface area contributed by atoms with Gasteiger partial charge in [-0.05, 0) is 26.3 Å². The molecule has 1 amide bonds. The zero-order chi connectivity index (χ0) is 17.5. The van der Waals surface area contributed by atoms with Crippen molar-refractivity contribution in [1.29, 1.82) is 0 Å². The lowest BCUT2D eigenvalue weighted by molar-refractivity contribution is 0.0522. The van der Waals surface area contributed by atoms with Gasteiger partial charge in [0.1, 0.15) is 23.6 Å². The molecule has 1 atom stereocenters. The smallest absolute Gasteiger partial charge is 0.407 e. The first-order valence-corrected chi connectivity index (χ1v) is 7.63. The lowest BCUT2D eigenvalue weighted by atomic mass is 10.1. The molecule has 1 N–H and O–H groups in total. The van der Waals surface area contributed by atoms with Gasteiger partial charge in [-0.25, -0.2) is 9.59 Å². The fraction of sp³-hybridized carbons (Fsp3) is 0.353. The highest BCUT2D eigenvalue weighted by Gasteiger charge is 2.26. The molecule has 1 aromatic heterocycles. The van der Waals surface area contributed by atoms with E-state index < -0.39 is 18.1 Å². The second kappa shape index (κ2) is 8.14. The Bertz CT molecular complexity index is 696. The van der Waals surface area contributed by atoms with E-state index in [0.29, 0.717) is 11.5 Å². The number of esters is 1. The Morgan fingerprint density at radius 3 is 2.62 bits per heavy atom. The average Bonchev–Trinajstić information content (AvgIpc) is 2.96. The highest BCUT2D eigenvalue weighted by Crippen LogP contribution is 2.21. The molecule has 0 aliphatic heterocycles. The molecule has 128 valence electrons. The second-order valence-electron chi connectivity index (χ2n) is 5.15. The fourth-order valence-electron chi connectivity index (χ4n) is 2.15. The van der Waals surface area contributed by atoms with Crippen molar-refractivity contribution in [2.75, 3.05) is 6.61 Å². The minimum atomic E-state index is -0.609. The van der Waals surface area contributed by atoms with Gasteiger partial charge < -0.3 is 19.3 Å². The summed E-state index contributed by atoms with van der Waals surface area (Å²) >= 11 is 0.